The van der Waals surface area contributed by atoms with Crippen molar-refractivity contribution < 1.29 is 25.8 Å². The van der Waals surface area contributed by atoms with Crippen molar-refractivity contribution in [2.75, 3.05) is 20.8 Å². The molecule has 40 heavy (non-hydrogen) atoms. The molecule has 2 heterocycles. The van der Waals surface area contributed by atoms with Crippen LogP contribution in [0.5, 0.6) is 11.5 Å². The van der Waals surface area contributed by atoms with Gasteiger partial charge in [0.25, 0.3) is 5.56 Å². The highest BCUT2D eigenvalue weighted by molar-refractivity contribution is 5.55. The van der Waals surface area contributed by atoms with Crippen molar-refractivity contribution in [3.05, 3.63) is 128 Å². The summed E-state index contributed by atoms with van der Waals surface area (Å²) in [6.07, 6.45) is -1.03. The summed E-state index contributed by atoms with van der Waals surface area (Å²) in [4.78, 5) is 26.8. The smallest absolute Gasteiger partial charge is 0.330 e. The van der Waals surface area contributed by atoms with Crippen LogP contribution in [0.15, 0.2) is 94.6 Å². The molecule has 5 rings (SSSR count). The fourth-order valence-corrected chi connectivity index (χ4v) is 5.87. The van der Waals surface area contributed by atoms with Gasteiger partial charge in [-0.15, -0.1) is 0 Å². The van der Waals surface area contributed by atoms with E-state index in [0.29, 0.717) is 28.2 Å². The monoisotopic (exact) mass is 545 g/mol. The third-order valence-electron chi connectivity index (χ3n) is 7.73. The first-order valence-electron chi connectivity index (χ1n) is 13.3. The van der Waals surface area contributed by atoms with Crippen molar-refractivity contribution in [1.82, 2.24) is 9.54 Å². The molecule has 9 nitrogen and oxygen atoms in total. The van der Waals surface area contributed by atoms with Gasteiger partial charge < -0.3 is 24.4 Å². The molecule has 3 aromatic carbocycles. The molecule has 208 valence electrons. The van der Waals surface area contributed by atoms with E-state index in [1.54, 1.807) is 38.5 Å². The van der Waals surface area contributed by atoms with E-state index >= 15 is 0 Å². The number of aromatic amines is 1. The Balaban J connectivity index is 2.02. The van der Waals surface area contributed by atoms with Gasteiger partial charge >= 0.3 is 5.69 Å². The first-order valence-corrected chi connectivity index (χ1v) is 12.9. The maximum absolute atomic E-state index is 13.9. The van der Waals surface area contributed by atoms with Crippen LogP contribution in [0.2, 0.25) is 1.41 Å². The molecule has 9 heteroatoms. The van der Waals surface area contributed by atoms with Gasteiger partial charge in [-0.2, -0.15) is 0 Å². The van der Waals surface area contributed by atoms with E-state index < -0.39 is 41.2 Å². The lowest BCUT2D eigenvalue weighted by molar-refractivity contribution is -0.147. The Morgan fingerprint density at radius 3 is 1.98 bits per heavy atom. The molecule has 0 saturated carbocycles. The fourth-order valence-electron chi connectivity index (χ4n) is 5.87. The van der Waals surface area contributed by atoms with Gasteiger partial charge in [0.05, 0.1) is 32.3 Å². The van der Waals surface area contributed by atoms with Gasteiger partial charge in [0, 0.05) is 18.2 Å². The number of benzene rings is 3. The summed E-state index contributed by atoms with van der Waals surface area (Å²) in [5.74, 6) is 1.21. The highest BCUT2D eigenvalue weighted by Gasteiger charge is 2.63. The number of aromatic nitrogens is 2. The Morgan fingerprint density at radius 1 is 0.975 bits per heavy atom. The fraction of sp³-hybridized carbons (Fsp3) is 0.290. The van der Waals surface area contributed by atoms with Crippen molar-refractivity contribution in [2.45, 2.75) is 36.7 Å². The Kier molecular flexibility index (Phi) is 7.02. The molecule has 1 aliphatic heterocycles. The molecule has 1 saturated heterocycles. The van der Waals surface area contributed by atoms with Crippen LogP contribution >= 0.6 is 0 Å². The minimum Gasteiger partial charge on any atom is -0.497 e. The van der Waals surface area contributed by atoms with Gasteiger partial charge in [0.15, 0.2) is 7.14 Å². The van der Waals surface area contributed by atoms with Crippen molar-refractivity contribution in [1.29, 1.82) is 0 Å². The molecule has 0 unspecified atom stereocenters. The molecule has 0 bridgehead atoms. The topological polar surface area (TPSA) is 123 Å². The summed E-state index contributed by atoms with van der Waals surface area (Å²) in [5.41, 5.74) is -2.66. The second-order valence-electron chi connectivity index (χ2n) is 9.85. The van der Waals surface area contributed by atoms with Crippen LogP contribution in [0, 0.1) is 6.92 Å². The number of rotatable bonds is 8. The molecule has 0 aliphatic carbocycles. The highest BCUT2D eigenvalue weighted by atomic mass is 16.6. The molecule has 0 amide bonds. The molecule has 0 radical (unpaired) electrons. The largest absolute Gasteiger partial charge is 0.497 e. The summed E-state index contributed by atoms with van der Waals surface area (Å²) in [6.45, 7) is 0.990. The number of aliphatic hydroxyl groups is 2. The summed E-state index contributed by atoms with van der Waals surface area (Å²) in [7, 11) is 3.12. The van der Waals surface area contributed by atoms with Crippen molar-refractivity contribution in [3.8, 4) is 11.5 Å². The van der Waals surface area contributed by atoms with Crippen LogP contribution in [-0.2, 0) is 15.9 Å². The average molecular weight is 546 g/mol. The third-order valence-corrected chi connectivity index (χ3v) is 7.73. The quantitative estimate of drug-likeness (QED) is 0.291. The number of H-pyrrole nitrogens is 1. The zero-order valence-corrected chi connectivity index (χ0v) is 22.5. The standard InChI is InChI=1S/C31H32N2O7/c1-20-18-33(29(37)32-28(20)36)30(17-26(35)27(19-34)40-30)31(21-7-5-4-6-8-21,22-9-13-24(38-2)14-10-22)23-11-15-25(39-3)16-12-23/h4-16,18,26-27,34-35H,17,19H2,1-3H3,(H,32,36,37)/t26-,27+,30-/m0/s1/i/hD. The number of methoxy groups -OCH3 is 2. The first kappa shape index (κ1) is 26.1. The van der Waals surface area contributed by atoms with E-state index in [-0.39, 0.29) is 17.0 Å². The number of hydrogen-bond acceptors (Lipinski definition) is 7. The summed E-state index contributed by atoms with van der Waals surface area (Å²) in [5, 5.41) is 21.5. The molecular weight excluding hydrogens is 512 g/mol. The Morgan fingerprint density at radius 2 is 1.50 bits per heavy atom. The number of aliphatic hydroxyl groups excluding tert-OH is 2. The highest BCUT2D eigenvalue weighted by Crippen LogP contribution is 2.56. The summed E-state index contributed by atoms with van der Waals surface area (Å²) < 4.78 is 27.1. The number of aryl methyl sites for hydroxylation is 1. The zero-order valence-electron chi connectivity index (χ0n) is 23.5. The number of ether oxygens (including phenoxy) is 3. The number of nitrogens with one attached hydrogen (secondary N) is 1. The van der Waals surface area contributed by atoms with Gasteiger partial charge in [0.1, 0.15) is 17.6 Å². The van der Waals surface area contributed by atoms with Crippen LogP contribution < -0.4 is 20.7 Å². The van der Waals surface area contributed by atoms with Gasteiger partial charge in [-0.05, 0) is 47.9 Å². The van der Waals surface area contributed by atoms with E-state index in [9.17, 15) is 19.8 Å². The van der Waals surface area contributed by atoms with Crippen LogP contribution in [0.25, 0.3) is 0 Å². The zero-order chi connectivity index (χ0) is 29.4. The van der Waals surface area contributed by atoms with Crippen molar-refractivity contribution in [2.24, 2.45) is 0 Å². The van der Waals surface area contributed by atoms with E-state index in [0.717, 1.165) is 0 Å². The minimum absolute atomic E-state index is 0.135. The van der Waals surface area contributed by atoms with E-state index in [2.05, 4.69) is 0 Å². The Hall–Kier alpha value is -4.18. The van der Waals surface area contributed by atoms with E-state index in [1.165, 1.54) is 17.7 Å². The van der Waals surface area contributed by atoms with Gasteiger partial charge in [-0.1, -0.05) is 54.6 Å². The molecule has 1 aliphatic rings. The molecule has 1 aromatic heterocycles. The second kappa shape index (κ2) is 10.8. The lowest BCUT2D eigenvalue weighted by Crippen LogP contribution is -2.59. The first-order chi connectivity index (χ1) is 19.7. The number of hydrogen-bond donors (Lipinski definition) is 3. The van der Waals surface area contributed by atoms with Gasteiger partial charge in [-0.3, -0.25) is 14.3 Å². The van der Waals surface area contributed by atoms with Crippen LogP contribution in [0.1, 0.15) is 28.7 Å². The predicted octanol–water partition coefficient (Wildman–Crippen LogP) is 2.69. The SMILES string of the molecule is [2H]n1c(=O)c(C)cn([C@@]2(C(c3ccccc3)(c3ccc(OC)cc3)c3ccc(OC)cc3)C[C@H](O)[C@@H](CO)O2)c1=O. The summed E-state index contributed by atoms with van der Waals surface area (Å²) >= 11 is 0. The van der Waals surface area contributed by atoms with Crippen LogP contribution in [-0.4, -0.2) is 52.8 Å². The second-order valence-corrected chi connectivity index (χ2v) is 9.85. The van der Waals surface area contributed by atoms with E-state index in [4.69, 9.17) is 15.6 Å². The normalized spacial score (nSPS) is 21.2. The predicted molar refractivity (Wildman–Crippen MR) is 149 cm³/mol. The lowest BCUT2D eigenvalue weighted by atomic mass is 9.61. The molecule has 4 aromatic rings. The lowest BCUT2D eigenvalue weighted by Gasteiger charge is -2.50. The maximum atomic E-state index is 13.9. The molecule has 1 fully saturated rings. The number of nitrogens with zero attached hydrogens (tertiary/aromatic N) is 1. The van der Waals surface area contributed by atoms with Crippen LogP contribution in [0.4, 0.5) is 0 Å². The third kappa shape index (κ3) is 4.23. The Labute approximate surface area is 232 Å². The Bertz CT molecular complexity index is 1590. The summed E-state index contributed by atoms with van der Waals surface area (Å²) in [6, 6.07) is 24.0. The van der Waals surface area contributed by atoms with Crippen LogP contribution in [0.3, 0.4) is 0 Å². The van der Waals surface area contributed by atoms with Crippen molar-refractivity contribution in [3.63, 3.8) is 0 Å². The average Bonchev–Trinajstić information content (AvgIpc) is 3.36. The molecule has 3 N–H and O–H groups in total. The minimum atomic E-state index is -1.76. The molecule has 0 spiro atoms. The van der Waals surface area contributed by atoms with Gasteiger partial charge in [0.2, 0.25) is 0 Å². The van der Waals surface area contributed by atoms with Gasteiger partial charge in [-0.25, -0.2) is 4.79 Å². The van der Waals surface area contributed by atoms with Crippen molar-refractivity contribution >= 4 is 0 Å². The van der Waals surface area contributed by atoms with E-state index in [1.807, 2.05) is 54.6 Å². The molecule has 3 atom stereocenters. The maximum Gasteiger partial charge on any atom is 0.330 e. The molecular formula is C31H32N2O7.